The van der Waals surface area contributed by atoms with Gasteiger partial charge in [0.05, 0.1) is 5.02 Å². The summed E-state index contributed by atoms with van der Waals surface area (Å²) in [5, 5.41) is 12.4. The number of amides is 1. The van der Waals surface area contributed by atoms with E-state index in [1.165, 1.54) is 0 Å². The Hall–Kier alpha value is -2.99. The Morgan fingerprint density at radius 1 is 1.11 bits per heavy atom. The highest BCUT2D eigenvalue weighted by atomic mass is 35.5. The lowest BCUT2D eigenvalue weighted by Gasteiger charge is -2.16. The third-order valence-corrected chi connectivity index (χ3v) is 4.28. The molecule has 2 aromatic carbocycles. The minimum Gasteiger partial charge on any atom is -0.490 e. The van der Waals surface area contributed by atoms with Gasteiger partial charge in [0, 0.05) is 12.0 Å². The summed E-state index contributed by atoms with van der Waals surface area (Å²) in [5.74, 6) is -0.606. The second-order valence-corrected chi connectivity index (χ2v) is 6.36. The van der Waals surface area contributed by atoms with Gasteiger partial charge in [-0.1, -0.05) is 23.7 Å². The number of carbonyl (C=O) groups excluding carboxylic acids is 1. The normalized spacial score (nSPS) is 17.4. The molecule has 0 saturated carbocycles. The number of fused-ring (bicyclic) bond motifs is 9. The topological polar surface area (TPSA) is 84.9 Å². The lowest BCUT2D eigenvalue weighted by molar-refractivity contribution is -0.139. The fraction of sp³-hybridized carbons (Fsp3) is 0.200. The van der Waals surface area contributed by atoms with Gasteiger partial charge in [0.1, 0.15) is 30.8 Å². The molecule has 6 nitrogen and oxygen atoms in total. The average molecular weight is 388 g/mol. The van der Waals surface area contributed by atoms with Crippen LogP contribution >= 0.6 is 11.6 Å². The molecular formula is C20H18ClNO5. The lowest BCUT2D eigenvalue weighted by atomic mass is 10.0. The maximum atomic E-state index is 12.5. The van der Waals surface area contributed by atoms with Crippen LogP contribution in [0.5, 0.6) is 11.5 Å². The summed E-state index contributed by atoms with van der Waals surface area (Å²) >= 11 is 6.21. The molecule has 0 aromatic heterocycles. The fourth-order valence-electron chi connectivity index (χ4n) is 2.61. The molecule has 27 heavy (non-hydrogen) atoms. The second kappa shape index (κ2) is 8.60. The maximum absolute atomic E-state index is 12.5. The molecule has 0 unspecified atom stereocenters. The minimum atomic E-state index is -1.13. The zero-order valence-corrected chi connectivity index (χ0v) is 15.1. The van der Waals surface area contributed by atoms with Crippen molar-refractivity contribution < 1.29 is 24.2 Å². The first kappa shape index (κ1) is 18.8. The fourth-order valence-corrected chi connectivity index (χ4v) is 2.87. The molecule has 0 radical (unpaired) electrons. The minimum absolute atomic E-state index is 0.0944. The molecule has 1 atom stereocenters. The quantitative estimate of drug-likeness (QED) is 0.734. The zero-order chi connectivity index (χ0) is 19.2. The number of carboxylic acid groups (broad SMARTS) is 1. The van der Waals surface area contributed by atoms with Crippen LogP contribution in [-0.2, 0) is 11.2 Å². The van der Waals surface area contributed by atoms with Gasteiger partial charge in [0.2, 0.25) is 0 Å². The van der Waals surface area contributed by atoms with Crippen molar-refractivity contribution in [2.24, 2.45) is 0 Å². The van der Waals surface area contributed by atoms with E-state index in [0.29, 0.717) is 40.9 Å². The third kappa shape index (κ3) is 5.01. The predicted molar refractivity (Wildman–Crippen MR) is 101 cm³/mol. The van der Waals surface area contributed by atoms with Crippen molar-refractivity contribution in [1.29, 1.82) is 0 Å². The van der Waals surface area contributed by atoms with Gasteiger partial charge in [-0.2, -0.15) is 0 Å². The van der Waals surface area contributed by atoms with Gasteiger partial charge in [0.15, 0.2) is 0 Å². The Morgan fingerprint density at radius 3 is 2.63 bits per heavy atom. The summed E-state index contributed by atoms with van der Waals surface area (Å²) in [4.78, 5) is 24.1. The van der Waals surface area contributed by atoms with Gasteiger partial charge in [0.25, 0.3) is 5.91 Å². The molecule has 4 bridgehead atoms. The van der Waals surface area contributed by atoms with Gasteiger partial charge in [-0.25, -0.2) is 4.79 Å². The molecule has 0 saturated heterocycles. The van der Waals surface area contributed by atoms with Crippen LogP contribution in [0.4, 0.5) is 0 Å². The summed E-state index contributed by atoms with van der Waals surface area (Å²) < 4.78 is 11.2. The Balaban J connectivity index is 1.91. The zero-order valence-electron chi connectivity index (χ0n) is 14.4. The Kier molecular flexibility index (Phi) is 5.98. The Morgan fingerprint density at radius 2 is 1.89 bits per heavy atom. The molecule has 0 fully saturated rings. The smallest absolute Gasteiger partial charge is 0.326 e. The second-order valence-electron chi connectivity index (χ2n) is 5.95. The molecule has 4 rings (SSSR count). The number of rotatable bonds is 1. The molecule has 2 aliphatic heterocycles. The van der Waals surface area contributed by atoms with Crippen LogP contribution in [0, 0.1) is 0 Å². The number of halogens is 1. The number of hydrogen-bond acceptors (Lipinski definition) is 4. The average Bonchev–Trinajstić information content (AvgIpc) is 2.65. The highest BCUT2D eigenvalue weighted by molar-refractivity contribution is 6.32. The van der Waals surface area contributed by atoms with Gasteiger partial charge in [-0.05, 0) is 48.0 Å². The van der Waals surface area contributed by atoms with Crippen LogP contribution in [0.15, 0.2) is 54.6 Å². The third-order valence-electron chi connectivity index (χ3n) is 3.98. The van der Waals surface area contributed by atoms with Crippen LogP contribution in [0.3, 0.4) is 0 Å². The molecule has 2 N–H and O–H groups in total. The number of hydrogen-bond donors (Lipinski definition) is 2. The van der Waals surface area contributed by atoms with E-state index in [-0.39, 0.29) is 6.42 Å². The number of carbonyl (C=O) groups is 2. The van der Waals surface area contributed by atoms with Crippen LogP contribution in [-0.4, -0.2) is 36.2 Å². The highest BCUT2D eigenvalue weighted by Crippen LogP contribution is 2.26. The van der Waals surface area contributed by atoms with Gasteiger partial charge in [-0.3, -0.25) is 4.79 Å². The van der Waals surface area contributed by atoms with Crippen molar-refractivity contribution in [3.05, 3.63) is 70.8 Å². The van der Waals surface area contributed by atoms with Gasteiger partial charge < -0.3 is 19.9 Å². The summed E-state index contributed by atoms with van der Waals surface area (Å²) in [6.45, 7) is 0.624. The maximum Gasteiger partial charge on any atom is 0.326 e. The first-order chi connectivity index (χ1) is 13.0. The Labute approximate surface area is 161 Å². The van der Waals surface area contributed by atoms with Crippen molar-refractivity contribution in [3.63, 3.8) is 0 Å². The Bertz CT molecular complexity index is 880. The number of carboxylic acids is 1. The van der Waals surface area contributed by atoms with E-state index in [0.717, 1.165) is 0 Å². The van der Waals surface area contributed by atoms with E-state index in [9.17, 15) is 14.7 Å². The van der Waals surface area contributed by atoms with Crippen LogP contribution in [0.2, 0.25) is 5.02 Å². The molecular weight excluding hydrogens is 370 g/mol. The molecule has 7 heteroatoms. The molecule has 0 spiro atoms. The first-order valence-corrected chi connectivity index (χ1v) is 8.73. The molecule has 2 aromatic rings. The summed E-state index contributed by atoms with van der Waals surface area (Å²) in [6.07, 6.45) is 3.70. The summed E-state index contributed by atoms with van der Waals surface area (Å²) in [7, 11) is 0. The van der Waals surface area contributed by atoms with Gasteiger partial charge in [-0.15, -0.1) is 0 Å². The molecule has 140 valence electrons. The van der Waals surface area contributed by atoms with Crippen molar-refractivity contribution in [2.75, 3.05) is 13.2 Å². The van der Waals surface area contributed by atoms with Crippen molar-refractivity contribution in [1.82, 2.24) is 5.32 Å². The van der Waals surface area contributed by atoms with E-state index in [2.05, 4.69) is 5.32 Å². The molecule has 1 amide bonds. The lowest BCUT2D eigenvalue weighted by Crippen LogP contribution is -2.42. The van der Waals surface area contributed by atoms with E-state index in [1.54, 1.807) is 54.6 Å². The van der Waals surface area contributed by atoms with Gasteiger partial charge >= 0.3 is 5.97 Å². The molecule has 0 aliphatic carbocycles. The van der Waals surface area contributed by atoms with Crippen molar-refractivity contribution in [2.45, 2.75) is 12.5 Å². The largest absolute Gasteiger partial charge is 0.490 e. The SMILES string of the molecule is O=C1N[C@H](C(=O)O)Cc2ccc(c(Cl)c2)OCC=CCOc2cccc1c2. The van der Waals surface area contributed by atoms with Crippen LogP contribution < -0.4 is 14.8 Å². The number of aliphatic carboxylic acids is 1. The monoisotopic (exact) mass is 387 g/mol. The highest BCUT2D eigenvalue weighted by Gasteiger charge is 2.22. The van der Waals surface area contributed by atoms with E-state index >= 15 is 0 Å². The van der Waals surface area contributed by atoms with Crippen molar-refractivity contribution in [3.8, 4) is 11.5 Å². The van der Waals surface area contributed by atoms with E-state index < -0.39 is 17.9 Å². The standard InChI is InChI=1S/C20H18ClNO5/c21-16-10-13-6-7-18(16)27-9-2-1-8-26-15-5-3-4-14(12-15)19(23)22-17(11-13)20(24)25/h1-7,10,12,17H,8-9,11H2,(H,22,23)(H,24,25)/t17-/m0/s1. The summed E-state index contributed by atoms with van der Waals surface area (Å²) in [6, 6.07) is 10.5. The predicted octanol–water partition coefficient (Wildman–Crippen LogP) is 3.09. The number of ether oxygens (including phenoxy) is 2. The van der Waals surface area contributed by atoms with Crippen LogP contribution in [0.1, 0.15) is 15.9 Å². The summed E-state index contributed by atoms with van der Waals surface area (Å²) in [5.41, 5.74) is 1.00. The number of benzene rings is 2. The molecule has 2 heterocycles. The van der Waals surface area contributed by atoms with E-state index in [1.807, 2.05) is 0 Å². The number of nitrogens with one attached hydrogen (secondary N) is 1. The van der Waals surface area contributed by atoms with E-state index in [4.69, 9.17) is 21.1 Å². The van der Waals surface area contributed by atoms with Crippen LogP contribution in [0.25, 0.3) is 0 Å². The molecule has 2 aliphatic rings. The van der Waals surface area contributed by atoms with Crippen molar-refractivity contribution >= 4 is 23.5 Å². The first-order valence-electron chi connectivity index (χ1n) is 8.35.